The number of hydrogen-bond donors (Lipinski definition) is 0. The van der Waals surface area contributed by atoms with E-state index in [-0.39, 0.29) is 11.9 Å². The van der Waals surface area contributed by atoms with Crippen molar-refractivity contribution in [1.29, 1.82) is 0 Å². The van der Waals surface area contributed by atoms with Crippen LogP contribution >= 0.6 is 15.9 Å². The molecule has 1 amide bonds. The van der Waals surface area contributed by atoms with Gasteiger partial charge in [-0.15, -0.1) is 0 Å². The van der Waals surface area contributed by atoms with E-state index >= 15 is 0 Å². The minimum Gasteiger partial charge on any atom is -0.331 e. The first-order valence-corrected chi connectivity index (χ1v) is 7.59. The van der Waals surface area contributed by atoms with Crippen LogP contribution in [0.15, 0.2) is 47.2 Å². The zero-order valence-electron chi connectivity index (χ0n) is 11.3. The van der Waals surface area contributed by atoms with Gasteiger partial charge in [0.05, 0.1) is 5.56 Å². The van der Waals surface area contributed by atoms with Crippen molar-refractivity contribution in [3.05, 3.63) is 64.1 Å². The van der Waals surface area contributed by atoms with Gasteiger partial charge in [-0.1, -0.05) is 0 Å². The van der Waals surface area contributed by atoms with E-state index in [2.05, 4.69) is 20.9 Å². The highest BCUT2D eigenvalue weighted by molar-refractivity contribution is 9.10. The number of rotatable bonds is 4. The van der Waals surface area contributed by atoms with Gasteiger partial charge in [0.2, 0.25) is 0 Å². The first kappa shape index (κ1) is 14.2. The van der Waals surface area contributed by atoms with Crippen molar-refractivity contribution >= 4 is 21.8 Å². The lowest BCUT2D eigenvalue weighted by atomic mass is 10.1. The molecule has 1 heterocycles. The second-order valence-corrected chi connectivity index (χ2v) is 6.00. The van der Waals surface area contributed by atoms with E-state index in [0.29, 0.717) is 16.6 Å². The molecule has 1 saturated carbocycles. The Kier molecular flexibility index (Phi) is 4.01. The van der Waals surface area contributed by atoms with Gasteiger partial charge in [-0.3, -0.25) is 9.78 Å². The Balaban J connectivity index is 1.87. The Labute approximate surface area is 130 Å². The second-order valence-electron chi connectivity index (χ2n) is 5.14. The molecule has 1 aromatic heterocycles. The predicted molar refractivity (Wildman–Crippen MR) is 81.2 cm³/mol. The lowest BCUT2D eigenvalue weighted by Gasteiger charge is -2.23. The van der Waals surface area contributed by atoms with Crippen molar-refractivity contribution in [2.45, 2.75) is 25.4 Å². The number of pyridine rings is 1. The van der Waals surface area contributed by atoms with Crippen LogP contribution in [0.4, 0.5) is 4.39 Å². The molecule has 5 heteroatoms. The average molecular weight is 349 g/mol. The highest BCUT2D eigenvalue weighted by Gasteiger charge is 2.33. The van der Waals surface area contributed by atoms with Crippen molar-refractivity contribution < 1.29 is 9.18 Å². The quantitative estimate of drug-likeness (QED) is 0.842. The predicted octanol–water partition coefficient (Wildman–Crippen LogP) is 3.79. The molecule has 0 unspecified atom stereocenters. The third kappa shape index (κ3) is 3.29. The zero-order valence-corrected chi connectivity index (χ0v) is 12.9. The Morgan fingerprint density at radius 1 is 1.29 bits per heavy atom. The summed E-state index contributed by atoms with van der Waals surface area (Å²) < 4.78 is 14.0. The number of nitrogens with zero attached hydrogens (tertiary/aromatic N) is 2. The summed E-state index contributed by atoms with van der Waals surface area (Å²) in [5.74, 6) is -0.540. The highest BCUT2D eigenvalue weighted by Crippen LogP contribution is 2.31. The monoisotopic (exact) mass is 348 g/mol. The maximum atomic E-state index is 13.4. The molecular formula is C16H14BrFN2O. The number of amides is 1. The van der Waals surface area contributed by atoms with Crippen LogP contribution in [0.1, 0.15) is 28.8 Å². The van der Waals surface area contributed by atoms with Gasteiger partial charge in [-0.05, 0) is 64.7 Å². The minimum absolute atomic E-state index is 0.138. The number of aromatic nitrogens is 1. The van der Waals surface area contributed by atoms with Gasteiger partial charge in [-0.25, -0.2) is 4.39 Å². The minimum atomic E-state index is -0.402. The van der Waals surface area contributed by atoms with Crippen LogP contribution in [0.2, 0.25) is 0 Å². The molecule has 0 atom stereocenters. The van der Waals surface area contributed by atoms with Crippen LogP contribution in [0.5, 0.6) is 0 Å². The summed E-state index contributed by atoms with van der Waals surface area (Å²) in [6, 6.07) is 8.23. The molecule has 1 aliphatic carbocycles. The van der Waals surface area contributed by atoms with Crippen LogP contribution in [0, 0.1) is 5.82 Å². The van der Waals surface area contributed by atoms with Gasteiger partial charge < -0.3 is 4.90 Å². The molecule has 3 rings (SSSR count). The van der Waals surface area contributed by atoms with Crippen LogP contribution in [0.25, 0.3) is 0 Å². The lowest BCUT2D eigenvalue weighted by Crippen LogP contribution is -2.32. The van der Waals surface area contributed by atoms with E-state index in [4.69, 9.17) is 0 Å². The van der Waals surface area contributed by atoms with Crippen molar-refractivity contribution in [2.24, 2.45) is 0 Å². The third-order valence-electron chi connectivity index (χ3n) is 3.51. The zero-order chi connectivity index (χ0) is 14.8. The fourth-order valence-corrected chi connectivity index (χ4v) is 2.67. The molecule has 1 aliphatic rings. The maximum Gasteiger partial charge on any atom is 0.255 e. The van der Waals surface area contributed by atoms with Gasteiger partial charge >= 0.3 is 0 Å². The fourth-order valence-electron chi connectivity index (χ4n) is 2.25. The van der Waals surface area contributed by atoms with Crippen LogP contribution in [-0.4, -0.2) is 21.8 Å². The first-order valence-electron chi connectivity index (χ1n) is 6.80. The number of carbonyl (C=O) groups excluding carboxylic acids is 1. The molecule has 1 fully saturated rings. The van der Waals surface area contributed by atoms with Crippen molar-refractivity contribution in [2.75, 3.05) is 0 Å². The average Bonchev–Trinajstić information content (AvgIpc) is 3.32. The molecule has 0 saturated heterocycles. The van der Waals surface area contributed by atoms with Crippen LogP contribution < -0.4 is 0 Å². The molecular weight excluding hydrogens is 335 g/mol. The second kappa shape index (κ2) is 5.93. The van der Waals surface area contributed by atoms with Crippen molar-refractivity contribution in [3.8, 4) is 0 Å². The largest absolute Gasteiger partial charge is 0.331 e. The SMILES string of the molecule is O=C(c1cc(F)ccc1Br)N(Cc1ccncc1)C1CC1. The summed E-state index contributed by atoms with van der Waals surface area (Å²) in [4.78, 5) is 18.5. The summed E-state index contributed by atoms with van der Waals surface area (Å²) in [5, 5.41) is 0. The van der Waals surface area contributed by atoms with E-state index in [9.17, 15) is 9.18 Å². The standard InChI is InChI=1S/C16H14BrFN2O/c17-15-4-1-12(18)9-14(15)16(21)20(13-2-3-13)10-11-5-7-19-8-6-11/h1,4-9,13H,2-3,10H2. The molecule has 0 radical (unpaired) electrons. The van der Waals surface area contributed by atoms with Crippen molar-refractivity contribution in [3.63, 3.8) is 0 Å². The Morgan fingerprint density at radius 3 is 2.67 bits per heavy atom. The maximum absolute atomic E-state index is 13.4. The highest BCUT2D eigenvalue weighted by atomic mass is 79.9. The number of hydrogen-bond acceptors (Lipinski definition) is 2. The first-order chi connectivity index (χ1) is 10.1. The van der Waals surface area contributed by atoms with Gasteiger partial charge in [0.25, 0.3) is 5.91 Å². The Bertz CT molecular complexity index is 659. The molecule has 0 bridgehead atoms. The van der Waals surface area contributed by atoms with Gasteiger partial charge in [0.1, 0.15) is 5.82 Å². The molecule has 0 N–H and O–H groups in total. The molecule has 0 aliphatic heterocycles. The summed E-state index contributed by atoms with van der Waals surface area (Å²) in [6.45, 7) is 0.523. The summed E-state index contributed by atoms with van der Waals surface area (Å²) in [6.07, 6.45) is 5.43. The number of halogens is 2. The molecule has 2 aromatic rings. The smallest absolute Gasteiger partial charge is 0.255 e. The molecule has 108 valence electrons. The summed E-state index contributed by atoms with van der Waals surface area (Å²) >= 11 is 3.33. The summed E-state index contributed by atoms with van der Waals surface area (Å²) in [5.41, 5.74) is 1.40. The van der Waals surface area contributed by atoms with Gasteiger partial charge in [0.15, 0.2) is 0 Å². The molecule has 21 heavy (non-hydrogen) atoms. The lowest BCUT2D eigenvalue weighted by molar-refractivity contribution is 0.0728. The Hall–Kier alpha value is -1.75. The van der Waals surface area contributed by atoms with E-state index in [1.165, 1.54) is 12.1 Å². The summed E-state index contributed by atoms with van der Waals surface area (Å²) in [7, 11) is 0. The van der Waals surface area contributed by atoms with Crippen LogP contribution in [0.3, 0.4) is 0 Å². The van der Waals surface area contributed by atoms with Crippen LogP contribution in [-0.2, 0) is 6.54 Å². The van der Waals surface area contributed by atoms with E-state index in [1.807, 2.05) is 17.0 Å². The Morgan fingerprint density at radius 2 is 2.00 bits per heavy atom. The normalized spacial score (nSPS) is 14.0. The van der Waals surface area contributed by atoms with E-state index in [1.54, 1.807) is 18.5 Å². The molecule has 1 aromatic carbocycles. The van der Waals surface area contributed by atoms with Crippen molar-refractivity contribution in [1.82, 2.24) is 9.88 Å². The fraction of sp³-hybridized carbons (Fsp3) is 0.250. The van der Waals surface area contributed by atoms with E-state index in [0.717, 1.165) is 18.4 Å². The van der Waals surface area contributed by atoms with Gasteiger partial charge in [-0.2, -0.15) is 0 Å². The molecule has 3 nitrogen and oxygen atoms in total. The van der Waals surface area contributed by atoms with E-state index < -0.39 is 5.82 Å². The molecule has 0 spiro atoms. The van der Waals surface area contributed by atoms with Gasteiger partial charge in [0, 0.05) is 29.5 Å². The number of carbonyl (C=O) groups is 1. The number of benzene rings is 1. The third-order valence-corrected chi connectivity index (χ3v) is 4.20. The topological polar surface area (TPSA) is 33.2 Å².